The van der Waals surface area contributed by atoms with E-state index in [0.717, 1.165) is 42.5 Å². The summed E-state index contributed by atoms with van der Waals surface area (Å²) in [6, 6.07) is 6.76. The Balaban J connectivity index is 0.00000144. The van der Waals surface area contributed by atoms with Crippen LogP contribution in [-0.4, -0.2) is 45.4 Å². The number of guanidine groups is 1. The Labute approximate surface area is 146 Å². The molecule has 0 aliphatic carbocycles. The van der Waals surface area contributed by atoms with Crippen molar-refractivity contribution in [2.24, 2.45) is 10.9 Å². The number of hydrogen-bond donors (Lipinski definition) is 2. The van der Waals surface area contributed by atoms with Crippen molar-refractivity contribution >= 4 is 41.0 Å². The minimum atomic E-state index is 0. The summed E-state index contributed by atoms with van der Waals surface area (Å²) in [4.78, 5) is 7.13. The smallest absolute Gasteiger partial charge is 0.194 e. The van der Waals surface area contributed by atoms with Crippen molar-refractivity contribution in [3.05, 3.63) is 23.8 Å². The van der Waals surface area contributed by atoms with Crippen molar-refractivity contribution < 1.29 is 0 Å². The maximum Gasteiger partial charge on any atom is 0.194 e. The molecule has 1 aromatic heterocycles. The van der Waals surface area contributed by atoms with E-state index in [2.05, 4.69) is 49.7 Å². The van der Waals surface area contributed by atoms with Crippen LogP contribution in [-0.2, 0) is 6.54 Å². The van der Waals surface area contributed by atoms with E-state index in [1.165, 1.54) is 18.4 Å². The first kappa shape index (κ1) is 15.5. The van der Waals surface area contributed by atoms with Crippen LogP contribution in [0.4, 0.5) is 0 Å². The van der Waals surface area contributed by atoms with E-state index in [0.29, 0.717) is 6.04 Å². The van der Waals surface area contributed by atoms with E-state index in [-0.39, 0.29) is 24.0 Å². The van der Waals surface area contributed by atoms with Gasteiger partial charge < -0.3 is 10.2 Å². The zero-order valence-electron chi connectivity index (χ0n) is 12.6. The molecule has 2 atom stereocenters. The topological polar surface area (TPSA) is 69.2 Å². The number of aliphatic imine (C=N–C) groups is 1. The molecule has 4 rings (SSSR count). The van der Waals surface area contributed by atoms with E-state index in [4.69, 9.17) is 0 Å². The number of rotatable bonds is 2. The highest BCUT2D eigenvalue weighted by Gasteiger charge is 2.32. The second-order valence-corrected chi connectivity index (χ2v) is 6.15. The van der Waals surface area contributed by atoms with Gasteiger partial charge in [0.2, 0.25) is 0 Å². The van der Waals surface area contributed by atoms with Gasteiger partial charge in [-0.2, -0.15) is 15.4 Å². The molecule has 2 aliphatic rings. The molecule has 1 aromatic carbocycles. The minimum Gasteiger partial charge on any atom is -0.352 e. The molecule has 7 heteroatoms. The van der Waals surface area contributed by atoms with Gasteiger partial charge in [-0.3, -0.25) is 4.99 Å². The fourth-order valence-corrected chi connectivity index (χ4v) is 3.28. The van der Waals surface area contributed by atoms with Gasteiger partial charge in [-0.25, -0.2) is 0 Å². The Morgan fingerprint density at radius 1 is 1.27 bits per heavy atom. The lowest BCUT2D eigenvalue weighted by Gasteiger charge is -2.35. The van der Waals surface area contributed by atoms with Gasteiger partial charge in [0, 0.05) is 13.1 Å². The van der Waals surface area contributed by atoms with Crippen molar-refractivity contribution in [3.8, 4) is 0 Å². The summed E-state index contributed by atoms with van der Waals surface area (Å²) in [5.74, 6) is 1.82. The molecule has 2 N–H and O–H groups in total. The molecule has 1 saturated heterocycles. The molecule has 0 radical (unpaired) electrons. The maximum absolute atomic E-state index is 4.68. The zero-order valence-corrected chi connectivity index (χ0v) is 14.9. The second-order valence-electron chi connectivity index (χ2n) is 6.15. The first-order valence-corrected chi connectivity index (χ1v) is 7.64. The van der Waals surface area contributed by atoms with E-state index in [1.807, 2.05) is 6.07 Å². The Morgan fingerprint density at radius 2 is 2.14 bits per heavy atom. The third-order valence-electron chi connectivity index (χ3n) is 4.50. The average Bonchev–Trinajstić information content (AvgIpc) is 3.10. The molecule has 22 heavy (non-hydrogen) atoms. The van der Waals surface area contributed by atoms with Gasteiger partial charge in [-0.1, -0.05) is 13.0 Å². The number of hydrogen-bond acceptors (Lipinski definition) is 5. The van der Waals surface area contributed by atoms with E-state index in [1.54, 1.807) is 0 Å². The molecule has 1 fully saturated rings. The molecule has 0 amide bonds. The maximum atomic E-state index is 4.68. The number of nitrogens with zero attached hydrogens (tertiary/aromatic N) is 4. The number of halogens is 1. The normalized spacial score (nSPS) is 23.9. The van der Waals surface area contributed by atoms with Crippen molar-refractivity contribution in [1.29, 1.82) is 0 Å². The van der Waals surface area contributed by atoms with Crippen molar-refractivity contribution in [1.82, 2.24) is 25.6 Å². The van der Waals surface area contributed by atoms with Crippen LogP contribution in [0, 0.1) is 5.92 Å². The average molecular weight is 412 g/mol. The first-order valence-electron chi connectivity index (χ1n) is 7.64. The molecule has 6 nitrogen and oxygen atoms in total. The summed E-state index contributed by atoms with van der Waals surface area (Å²) in [6.45, 7) is 5.17. The molecule has 0 saturated carbocycles. The highest BCUT2D eigenvalue weighted by atomic mass is 127. The van der Waals surface area contributed by atoms with Crippen LogP contribution in [0.5, 0.6) is 0 Å². The van der Waals surface area contributed by atoms with Gasteiger partial charge in [-0.15, -0.1) is 24.0 Å². The Kier molecular flexibility index (Phi) is 4.51. The lowest BCUT2D eigenvalue weighted by molar-refractivity contribution is 0.211. The number of aromatic nitrogens is 3. The molecular formula is C15H21IN6. The fraction of sp³-hybridized carbons (Fsp3) is 0.533. The monoisotopic (exact) mass is 412 g/mol. The molecule has 118 valence electrons. The molecule has 2 unspecified atom stereocenters. The van der Waals surface area contributed by atoms with E-state index in [9.17, 15) is 0 Å². The van der Waals surface area contributed by atoms with Gasteiger partial charge >= 0.3 is 0 Å². The van der Waals surface area contributed by atoms with Crippen LogP contribution in [0.1, 0.15) is 25.3 Å². The summed E-state index contributed by atoms with van der Waals surface area (Å²) in [7, 11) is 0. The van der Waals surface area contributed by atoms with Crippen LogP contribution in [0.25, 0.3) is 11.0 Å². The lowest BCUT2D eigenvalue weighted by atomic mass is 9.95. The molecule has 0 spiro atoms. The number of piperidine rings is 1. The Morgan fingerprint density at radius 3 is 3.05 bits per heavy atom. The van der Waals surface area contributed by atoms with Gasteiger partial charge in [0.05, 0.1) is 12.6 Å². The van der Waals surface area contributed by atoms with E-state index >= 15 is 0 Å². The summed E-state index contributed by atoms with van der Waals surface area (Å²) in [5.41, 5.74) is 3.02. The molecule has 3 heterocycles. The quantitative estimate of drug-likeness (QED) is 0.742. The highest BCUT2D eigenvalue weighted by molar-refractivity contribution is 14.0. The molecular weight excluding hydrogens is 391 g/mol. The van der Waals surface area contributed by atoms with Crippen molar-refractivity contribution in [3.63, 3.8) is 0 Å². The van der Waals surface area contributed by atoms with Crippen LogP contribution >= 0.6 is 24.0 Å². The summed E-state index contributed by atoms with van der Waals surface area (Å²) in [5, 5.41) is 14.3. The summed E-state index contributed by atoms with van der Waals surface area (Å²) in [6.07, 6.45) is 2.59. The van der Waals surface area contributed by atoms with Crippen LogP contribution in [0.15, 0.2) is 23.2 Å². The van der Waals surface area contributed by atoms with Crippen molar-refractivity contribution in [2.75, 3.05) is 13.1 Å². The summed E-state index contributed by atoms with van der Waals surface area (Å²) < 4.78 is 0. The predicted octanol–water partition coefficient (Wildman–Crippen LogP) is 2.14. The fourth-order valence-electron chi connectivity index (χ4n) is 3.28. The van der Waals surface area contributed by atoms with Gasteiger partial charge in [0.1, 0.15) is 11.0 Å². The van der Waals surface area contributed by atoms with Crippen molar-refractivity contribution in [2.45, 2.75) is 32.4 Å². The lowest BCUT2D eigenvalue weighted by Crippen LogP contribution is -2.48. The largest absolute Gasteiger partial charge is 0.352 e. The van der Waals surface area contributed by atoms with Gasteiger partial charge in [-0.05, 0) is 36.5 Å². The Bertz CT molecular complexity index is 681. The number of H-pyrrole nitrogens is 1. The van der Waals surface area contributed by atoms with Gasteiger partial charge in [0.25, 0.3) is 0 Å². The standard InChI is InChI=1S/C15H20N6.HI/c1-10-2-4-12-8-17-15(21(12)9-10)16-7-11-3-5-13-14(6-11)19-20-18-13;/h3,5-6,10,12H,2,4,7-9H2,1H3,(H,16,17)(H,18,19,20);1H. The number of benzene rings is 1. The van der Waals surface area contributed by atoms with Crippen LogP contribution < -0.4 is 5.32 Å². The van der Waals surface area contributed by atoms with Gasteiger partial charge in [0.15, 0.2) is 5.96 Å². The molecule has 2 aromatic rings. The molecule has 0 bridgehead atoms. The zero-order chi connectivity index (χ0) is 14.2. The van der Waals surface area contributed by atoms with Crippen LogP contribution in [0.3, 0.4) is 0 Å². The number of nitrogens with one attached hydrogen (secondary N) is 2. The second kappa shape index (κ2) is 6.39. The Hall–Kier alpha value is -1.38. The van der Waals surface area contributed by atoms with Crippen LogP contribution in [0.2, 0.25) is 0 Å². The SMILES string of the molecule is CC1CCC2CN=C(NCc3ccc4n[nH]nc4c3)N2C1.I. The molecule has 2 aliphatic heterocycles. The minimum absolute atomic E-state index is 0. The predicted molar refractivity (Wildman–Crippen MR) is 97.3 cm³/mol. The summed E-state index contributed by atoms with van der Waals surface area (Å²) >= 11 is 0. The first-order chi connectivity index (χ1) is 10.3. The third kappa shape index (κ3) is 2.90. The number of aromatic amines is 1. The third-order valence-corrected chi connectivity index (χ3v) is 4.50. The van der Waals surface area contributed by atoms with E-state index < -0.39 is 0 Å². The highest BCUT2D eigenvalue weighted by Crippen LogP contribution is 2.25. The number of fused-ring (bicyclic) bond motifs is 2.